The standard InChI is InChI=1S/C20H26N4O2/c1-23(13-16-5-2-3-10-21-16)17-6-4-11-24(12-9-17)20(25)19-18(15-7-8-15)22-14-26-19/h2-3,5,10,14-15,17H,4,6-9,11-13H2,1H3. The molecule has 138 valence electrons. The number of pyridine rings is 1. The molecule has 1 unspecified atom stereocenters. The number of hydrogen-bond acceptors (Lipinski definition) is 5. The Labute approximate surface area is 154 Å². The molecule has 0 bridgehead atoms. The van der Waals surface area contributed by atoms with Gasteiger partial charge in [0.2, 0.25) is 5.76 Å². The quantitative estimate of drug-likeness (QED) is 0.826. The fraction of sp³-hybridized carbons (Fsp3) is 0.550. The maximum Gasteiger partial charge on any atom is 0.291 e. The van der Waals surface area contributed by atoms with Crippen molar-refractivity contribution in [2.24, 2.45) is 0 Å². The largest absolute Gasteiger partial charge is 0.438 e. The lowest BCUT2D eigenvalue weighted by molar-refractivity contribution is 0.0723. The third-order valence-electron chi connectivity index (χ3n) is 5.50. The predicted molar refractivity (Wildman–Crippen MR) is 97.7 cm³/mol. The topological polar surface area (TPSA) is 62.5 Å². The van der Waals surface area contributed by atoms with Gasteiger partial charge in [-0.25, -0.2) is 4.98 Å². The minimum atomic E-state index is 0.0115. The number of amides is 1. The molecule has 1 saturated carbocycles. The summed E-state index contributed by atoms with van der Waals surface area (Å²) in [5, 5.41) is 0. The van der Waals surface area contributed by atoms with Crippen molar-refractivity contribution in [2.45, 2.75) is 50.6 Å². The van der Waals surface area contributed by atoms with Gasteiger partial charge in [-0.15, -0.1) is 0 Å². The van der Waals surface area contributed by atoms with Crippen LogP contribution < -0.4 is 0 Å². The average Bonchev–Trinajstić information content (AvgIpc) is 3.44. The fourth-order valence-electron chi connectivity index (χ4n) is 3.80. The van der Waals surface area contributed by atoms with Crippen LogP contribution in [-0.4, -0.2) is 51.9 Å². The molecule has 1 amide bonds. The zero-order valence-corrected chi connectivity index (χ0v) is 15.3. The number of aromatic nitrogens is 2. The minimum absolute atomic E-state index is 0.0115. The summed E-state index contributed by atoms with van der Waals surface area (Å²) in [6.45, 7) is 2.39. The summed E-state index contributed by atoms with van der Waals surface area (Å²) < 4.78 is 5.45. The van der Waals surface area contributed by atoms with Crippen LogP contribution in [0.1, 0.15) is 60.0 Å². The van der Waals surface area contributed by atoms with Gasteiger partial charge in [0, 0.05) is 37.8 Å². The number of likely N-dealkylation sites (tertiary alicyclic amines) is 1. The van der Waals surface area contributed by atoms with Gasteiger partial charge in [0.1, 0.15) is 0 Å². The Kier molecular flexibility index (Phi) is 5.02. The molecular formula is C20H26N4O2. The lowest BCUT2D eigenvalue weighted by Crippen LogP contribution is -2.35. The van der Waals surface area contributed by atoms with Crippen LogP contribution in [0.15, 0.2) is 35.2 Å². The van der Waals surface area contributed by atoms with Crippen LogP contribution in [0.5, 0.6) is 0 Å². The molecule has 2 aliphatic rings. The summed E-state index contributed by atoms with van der Waals surface area (Å²) >= 11 is 0. The Morgan fingerprint density at radius 1 is 1.23 bits per heavy atom. The molecule has 6 nitrogen and oxygen atoms in total. The zero-order chi connectivity index (χ0) is 17.9. The average molecular weight is 354 g/mol. The highest BCUT2D eigenvalue weighted by Crippen LogP contribution is 2.41. The van der Waals surface area contributed by atoms with Crippen LogP contribution in [0, 0.1) is 0 Å². The predicted octanol–water partition coefficient (Wildman–Crippen LogP) is 3.07. The van der Waals surface area contributed by atoms with Crippen molar-refractivity contribution in [2.75, 3.05) is 20.1 Å². The first-order chi connectivity index (χ1) is 12.7. The van der Waals surface area contributed by atoms with Gasteiger partial charge in [0.25, 0.3) is 5.91 Å². The normalized spacial score (nSPS) is 21.0. The fourth-order valence-corrected chi connectivity index (χ4v) is 3.80. The van der Waals surface area contributed by atoms with Crippen molar-refractivity contribution in [3.8, 4) is 0 Å². The lowest BCUT2D eigenvalue weighted by Gasteiger charge is -2.26. The van der Waals surface area contributed by atoms with Crippen LogP contribution in [0.3, 0.4) is 0 Å². The first-order valence-electron chi connectivity index (χ1n) is 9.55. The summed E-state index contributed by atoms with van der Waals surface area (Å²) in [4.78, 5) is 25.9. The minimum Gasteiger partial charge on any atom is -0.438 e. The second-order valence-electron chi connectivity index (χ2n) is 7.45. The number of rotatable bonds is 5. The Balaban J connectivity index is 1.37. The van der Waals surface area contributed by atoms with Gasteiger partial charge in [-0.1, -0.05) is 6.07 Å². The number of carbonyl (C=O) groups is 1. The number of carbonyl (C=O) groups excluding carboxylic acids is 1. The van der Waals surface area contributed by atoms with Crippen LogP contribution >= 0.6 is 0 Å². The molecule has 0 aromatic carbocycles. The molecule has 1 atom stereocenters. The molecule has 0 N–H and O–H groups in total. The van der Waals surface area contributed by atoms with E-state index in [1.165, 1.54) is 6.39 Å². The van der Waals surface area contributed by atoms with Crippen molar-refractivity contribution < 1.29 is 9.21 Å². The van der Waals surface area contributed by atoms with Crippen LogP contribution in [0.2, 0.25) is 0 Å². The Morgan fingerprint density at radius 2 is 2.12 bits per heavy atom. The molecule has 4 rings (SSSR count). The molecular weight excluding hydrogens is 328 g/mol. The van der Waals surface area contributed by atoms with Crippen LogP contribution in [0.4, 0.5) is 0 Å². The van der Waals surface area contributed by atoms with E-state index in [-0.39, 0.29) is 5.91 Å². The highest BCUT2D eigenvalue weighted by Gasteiger charge is 2.34. The third kappa shape index (κ3) is 3.80. The second-order valence-corrected chi connectivity index (χ2v) is 7.45. The molecule has 2 fully saturated rings. The maximum absolute atomic E-state index is 12.9. The molecule has 26 heavy (non-hydrogen) atoms. The molecule has 3 heterocycles. The van der Waals surface area contributed by atoms with E-state index in [2.05, 4.69) is 28.0 Å². The van der Waals surface area contributed by atoms with E-state index in [9.17, 15) is 4.79 Å². The lowest BCUT2D eigenvalue weighted by atomic mass is 10.1. The molecule has 1 saturated heterocycles. The first kappa shape index (κ1) is 17.2. The summed E-state index contributed by atoms with van der Waals surface area (Å²) in [5.41, 5.74) is 1.95. The summed E-state index contributed by atoms with van der Waals surface area (Å²) in [7, 11) is 2.15. The van der Waals surface area contributed by atoms with E-state index in [0.29, 0.717) is 17.7 Å². The number of hydrogen-bond donors (Lipinski definition) is 0. The van der Waals surface area contributed by atoms with Gasteiger partial charge in [0.05, 0.1) is 11.4 Å². The summed E-state index contributed by atoms with van der Waals surface area (Å²) in [5.74, 6) is 0.905. The van der Waals surface area contributed by atoms with Gasteiger partial charge in [0.15, 0.2) is 6.39 Å². The molecule has 2 aromatic rings. The van der Waals surface area contributed by atoms with E-state index < -0.39 is 0 Å². The second kappa shape index (κ2) is 7.58. The van der Waals surface area contributed by atoms with Gasteiger partial charge >= 0.3 is 0 Å². The Bertz CT molecular complexity index is 741. The maximum atomic E-state index is 12.9. The number of nitrogens with zero attached hydrogens (tertiary/aromatic N) is 4. The SMILES string of the molecule is CN(Cc1ccccn1)C1CCCN(C(=O)c2ocnc2C2CC2)CC1. The van der Waals surface area contributed by atoms with Gasteiger partial charge in [-0.05, 0) is 51.3 Å². The Morgan fingerprint density at radius 3 is 2.88 bits per heavy atom. The van der Waals surface area contributed by atoms with E-state index in [1.807, 2.05) is 23.2 Å². The van der Waals surface area contributed by atoms with E-state index in [0.717, 1.165) is 63.1 Å². The third-order valence-corrected chi connectivity index (χ3v) is 5.50. The zero-order valence-electron chi connectivity index (χ0n) is 15.3. The molecule has 0 spiro atoms. The molecule has 1 aliphatic carbocycles. The highest BCUT2D eigenvalue weighted by molar-refractivity contribution is 5.92. The smallest absolute Gasteiger partial charge is 0.291 e. The van der Waals surface area contributed by atoms with Crippen LogP contribution in [-0.2, 0) is 6.54 Å². The Hall–Kier alpha value is -2.21. The molecule has 0 radical (unpaired) electrons. The molecule has 2 aromatic heterocycles. The molecule has 1 aliphatic heterocycles. The van der Waals surface area contributed by atoms with Gasteiger partial charge in [-0.2, -0.15) is 0 Å². The van der Waals surface area contributed by atoms with Gasteiger partial charge in [-0.3, -0.25) is 14.7 Å². The van der Waals surface area contributed by atoms with Crippen LogP contribution in [0.25, 0.3) is 0 Å². The van der Waals surface area contributed by atoms with Crippen molar-refractivity contribution >= 4 is 5.91 Å². The summed E-state index contributed by atoms with van der Waals surface area (Å²) in [6.07, 6.45) is 8.57. The van der Waals surface area contributed by atoms with Crippen molar-refractivity contribution in [1.29, 1.82) is 0 Å². The van der Waals surface area contributed by atoms with E-state index >= 15 is 0 Å². The first-order valence-corrected chi connectivity index (χ1v) is 9.55. The van der Waals surface area contributed by atoms with Crippen molar-refractivity contribution in [1.82, 2.24) is 19.8 Å². The van der Waals surface area contributed by atoms with E-state index in [1.54, 1.807) is 0 Å². The monoisotopic (exact) mass is 354 g/mol. The molecule has 6 heteroatoms. The summed E-state index contributed by atoms with van der Waals surface area (Å²) in [6, 6.07) is 6.50. The highest BCUT2D eigenvalue weighted by atomic mass is 16.3. The number of oxazole rings is 1. The van der Waals surface area contributed by atoms with Crippen molar-refractivity contribution in [3.63, 3.8) is 0 Å². The van der Waals surface area contributed by atoms with E-state index in [4.69, 9.17) is 4.42 Å². The van der Waals surface area contributed by atoms with Gasteiger partial charge < -0.3 is 9.32 Å². The van der Waals surface area contributed by atoms with Crippen molar-refractivity contribution in [3.05, 3.63) is 47.9 Å².